The smallest absolute Gasteiger partial charge is 0.237 e. The number of thioether (sulfide) groups is 1. The van der Waals surface area contributed by atoms with Crippen molar-refractivity contribution in [1.29, 1.82) is 0 Å². The van der Waals surface area contributed by atoms with E-state index < -0.39 is 5.54 Å². The molecule has 1 aromatic rings. The predicted octanol–water partition coefficient (Wildman–Crippen LogP) is 0.449. The maximum atomic E-state index is 11.4. The minimum absolute atomic E-state index is 0.328. The molecule has 0 radical (unpaired) electrons. The van der Waals surface area contributed by atoms with E-state index in [1.54, 1.807) is 0 Å². The number of hydrogen-bond donors (Lipinski definition) is 3. The molecule has 0 saturated heterocycles. The Morgan fingerprint density at radius 1 is 1.65 bits per heavy atom. The third-order valence-corrected chi connectivity index (χ3v) is 3.37. The molecule has 0 fully saturated rings. The third-order valence-electron chi connectivity index (χ3n) is 2.52. The molecule has 0 aliphatic rings. The maximum Gasteiger partial charge on any atom is 0.237 e. The Hall–Kier alpha value is -1.08. The van der Waals surface area contributed by atoms with E-state index in [0.717, 1.165) is 11.6 Å². The maximum absolute atomic E-state index is 11.4. The number of hydrogen-bond acceptors (Lipinski definition) is 5. The van der Waals surface area contributed by atoms with E-state index in [0.29, 0.717) is 18.1 Å². The van der Waals surface area contributed by atoms with Gasteiger partial charge in [-0.15, -0.1) is 5.10 Å². The summed E-state index contributed by atoms with van der Waals surface area (Å²) < 4.78 is 0. The van der Waals surface area contributed by atoms with E-state index in [1.807, 2.05) is 20.8 Å². The average Bonchev–Trinajstić information content (AvgIpc) is 2.64. The molecule has 96 valence electrons. The van der Waals surface area contributed by atoms with Crippen LogP contribution in [0.15, 0.2) is 5.16 Å². The Kier molecular flexibility index (Phi) is 4.95. The summed E-state index contributed by atoms with van der Waals surface area (Å²) in [4.78, 5) is 15.6. The van der Waals surface area contributed by atoms with E-state index in [2.05, 4.69) is 20.5 Å². The minimum atomic E-state index is -0.660. The Labute approximate surface area is 105 Å². The van der Waals surface area contributed by atoms with Crippen LogP contribution in [0.3, 0.4) is 0 Å². The van der Waals surface area contributed by atoms with Crippen LogP contribution in [0.5, 0.6) is 0 Å². The zero-order chi connectivity index (χ0) is 12.9. The van der Waals surface area contributed by atoms with Gasteiger partial charge in [-0.2, -0.15) is 0 Å². The highest BCUT2D eigenvalue weighted by atomic mass is 32.2. The van der Waals surface area contributed by atoms with E-state index >= 15 is 0 Å². The van der Waals surface area contributed by atoms with Crippen LogP contribution >= 0.6 is 11.8 Å². The molecule has 0 saturated carbocycles. The van der Waals surface area contributed by atoms with Gasteiger partial charge in [-0.05, 0) is 26.8 Å². The topological polar surface area (TPSA) is 96.7 Å². The standard InChI is InChI=1S/C10H19N5OS/c1-4-12-10(3,8(11)16)5-6-17-9-13-7(2)14-15-9/h12H,4-6H2,1-3H3,(H2,11,16)(H,13,14,15). The fourth-order valence-electron chi connectivity index (χ4n) is 1.42. The molecule has 1 unspecified atom stereocenters. The number of primary amides is 1. The van der Waals surface area contributed by atoms with Gasteiger partial charge in [0.05, 0.1) is 5.54 Å². The van der Waals surface area contributed by atoms with Crippen LogP contribution < -0.4 is 11.1 Å². The lowest BCUT2D eigenvalue weighted by Crippen LogP contribution is -2.53. The van der Waals surface area contributed by atoms with Gasteiger partial charge in [-0.25, -0.2) is 4.98 Å². The van der Waals surface area contributed by atoms with Crippen molar-refractivity contribution >= 4 is 17.7 Å². The van der Waals surface area contributed by atoms with Crippen molar-refractivity contribution in [2.24, 2.45) is 5.73 Å². The van der Waals surface area contributed by atoms with Crippen LogP contribution in [-0.4, -0.2) is 38.9 Å². The molecular formula is C10H19N5OS. The van der Waals surface area contributed by atoms with Crippen molar-refractivity contribution in [2.45, 2.75) is 37.9 Å². The Morgan fingerprint density at radius 3 is 2.82 bits per heavy atom. The minimum Gasteiger partial charge on any atom is -0.368 e. The van der Waals surface area contributed by atoms with Gasteiger partial charge < -0.3 is 11.1 Å². The Bertz CT molecular complexity index is 381. The molecule has 0 aromatic carbocycles. The van der Waals surface area contributed by atoms with Crippen LogP contribution in [-0.2, 0) is 4.79 Å². The largest absolute Gasteiger partial charge is 0.368 e. The number of aromatic nitrogens is 3. The molecule has 6 nitrogen and oxygen atoms in total. The molecule has 1 heterocycles. The van der Waals surface area contributed by atoms with Crippen molar-refractivity contribution in [3.63, 3.8) is 0 Å². The number of aromatic amines is 1. The van der Waals surface area contributed by atoms with Gasteiger partial charge in [0.25, 0.3) is 0 Å². The van der Waals surface area contributed by atoms with Gasteiger partial charge >= 0.3 is 0 Å². The van der Waals surface area contributed by atoms with Gasteiger partial charge in [-0.3, -0.25) is 9.89 Å². The number of nitrogens with zero attached hydrogens (tertiary/aromatic N) is 2. The van der Waals surface area contributed by atoms with E-state index in [-0.39, 0.29) is 5.91 Å². The summed E-state index contributed by atoms with van der Waals surface area (Å²) in [6.45, 7) is 6.34. The molecule has 1 aromatic heterocycles. The van der Waals surface area contributed by atoms with Gasteiger partial charge in [0.2, 0.25) is 11.1 Å². The summed E-state index contributed by atoms with van der Waals surface area (Å²) in [5.41, 5.74) is 4.73. The molecule has 0 spiro atoms. The first-order valence-electron chi connectivity index (χ1n) is 5.54. The molecule has 0 aliphatic carbocycles. The normalized spacial score (nSPS) is 14.5. The van der Waals surface area contributed by atoms with E-state index in [9.17, 15) is 4.79 Å². The Morgan fingerprint density at radius 2 is 2.35 bits per heavy atom. The van der Waals surface area contributed by atoms with Crippen LogP contribution in [0.2, 0.25) is 0 Å². The molecule has 1 amide bonds. The van der Waals surface area contributed by atoms with Crippen molar-refractivity contribution in [3.8, 4) is 0 Å². The summed E-state index contributed by atoms with van der Waals surface area (Å²) in [5, 5.41) is 10.6. The molecule has 1 rings (SSSR count). The number of likely N-dealkylation sites (N-methyl/N-ethyl adjacent to an activating group) is 1. The van der Waals surface area contributed by atoms with Crippen LogP contribution in [0, 0.1) is 6.92 Å². The second-order valence-corrected chi connectivity index (χ2v) is 5.09. The third kappa shape index (κ3) is 4.01. The Balaban J connectivity index is 2.45. The first-order valence-corrected chi connectivity index (χ1v) is 6.53. The van der Waals surface area contributed by atoms with Crippen LogP contribution in [0.4, 0.5) is 0 Å². The van der Waals surface area contributed by atoms with Crippen molar-refractivity contribution in [1.82, 2.24) is 20.5 Å². The number of carbonyl (C=O) groups excluding carboxylic acids is 1. The fourth-order valence-corrected chi connectivity index (χ4v) is 2.43. The lowest BCUT2D eigenvalue weighted by molar-refractivity contribution is -0.123. The van der Waals surface area contributed by atoms with Gasteiger partial charge in [0, 0.05) is 5.75 Å². The lowest BCUT2D eigenvalue weighted by atomic mass is 9.98. The zero-order valence-corrected chi connectivity index (χ0v) is 11.2. The molecule has 0 aliphatic heterocycles. The molecule has 17 heavy (non-hydrogen) atoms. The van der Waals surface area contributed by atoms with Crippen molar-refractivity contribution < 1.29 is 4.79 Å². The zero-order valence-electron chi connectivity index (χ0n) is 10.4. The number of amides is 1. The highest BCUT2D eigenvalue weighted by Gasteiger charge is 2.29. The van der Waals surface area contributed by atoms with Gasteiger partial charge in [0.15, 0.2) is 0 Å². The van der Waals surface area contributed by atoms with E-state index in [4.69, 9.17) is 5.73 Å². The van der Waals surface area contributed by atoms with Crippen molar-refractivity contribution in [2.75, 3.05) is 12.3 Å². The number of nitrogens with two attached hydrogens (primary N) is 1. The number of aryl methyl sites for hydroxylation is 1. The monoisotopic (exact) mass is 257 g/mol. The summed E-state index contributed by atoms with van der Waals surface area (Å²) in [6.07, 6.45) is 0.647. The van der Waals surface area contributed by atoms with Gasteiger partial charge in [0.1, 0.15) is 5.82 Å². The molecule has 7 heteroatoms. The highest BCUT2D eigenvalue weighted by molar-refractivity contribution is 7.99. The van der Waals surface area contributed by atoms with Crippen LogP contribution in [0.1, 0.15) is 26.1 Å². The summed E-state index contributed by atoms with van der Waals surface area (Å²) in [5.74, 6) is 1.20. The quantitative estimate of drug-likeness (QED) is 0.616. The molecule has 1 atom stereocenters. The van der Waals surface area contributed by atoms with Crippen LogP contribution in [0.25, 0.3) is 0 Å². The highest BCUT2D eigenvalue weighted by Crippen LogP contribution is 2.18. The lowest BCUT2D eigenvalue weighted by Gasteiger charge is -2.26. The second-order valence-electron chi connectivity index (χ2n) is 4.03. The fraction of sp³-hybridized carbons (Fsp3) is 0.700. The summed E-state index contributed by atoms with van der Waals surface area (Å²) in [7, 11) is 0. The molecule has 4 N–H and O–H groups in total. The number of H-pyrrole nitrogens is 1. The number of carbonyl (C=O) groups is 1. The second kappa shape index (κ2) is 6.02. The average molecular weight is 257 g/mol. The predicted molar refractivity (Wildman–Crippen MR) is 67.7 cm³/mol. The van der Waals surface area contributed by atoms with Crippen molar-refractivity contribution in [3.05, 3.63) is 5.82 Å². The summed E-state index contributed by atoms with van der Waals surface area (Å²) in [6, 6.07) is 0. The first kappa shape index (κ1) is 14.0. The molecular weight excluding hydrogens is 238 g/mol. The first-order chi connectivity index (χ1) is 7.98. The SMILES string of the molecule is CCNC(C)(CCSc1n[nH]c(C)n1)C(N)=O. The van der Waals surface area contributed by atoms with Gasteiger partial charge in [-0.1, -0.05) is 18.7 Å². The summed E-state index contributed by atoms with van der Waals surface area (Å²) >= 11 is 1.51. The number of rotatable bonds is 7. The number of nitrogens with one attached hydrogen (secondary N) is 2. The molecule has 0 bridgehead atoms. The van der Waals surface area contributed by atoms with E-state index in [1.165, 1.54) is 11.8 Å².